The maximum Gasteiger partial charge on any atom is 0.152 e. The van der Waals surface area contributed by atoms with Gasteiger partial charge >= 0.3 is 0 Å². The van der Waals surface area contributed by atoms with E-state index < -0.39 is 0 Å². The van der Waals surface area contributed by atoms with Gasteiger partial charge in [-0.05, 0) is 38.8 Å². The van der Waals surface area contributed by atoms with Crippen LogP contribution in [0.1, 0.15) is 35.7 Å². The largest absolute Gasteiger partial charge is 0.381 e. The molecule has 0 aliphatic carbocycles. The number of anilines is 1. The van der Waals surface area contributed by atoms with E-state index in [4.69, 9.17) is 4.74 Å². The molecule has 1 aliphatic heterocycles. The Morgan fingerprint density at radius 3 is 2.83 bits per heavy atom. The number of hydrogen-bond acceptors (Lipinski definition) is 3. The van der Waals surface area contributed by atoms with Crippen molar-refractivity contribution in [3.8, 4) is 0 Å². The molecule has 18 heavy (non-hydrogen) atoms. The fourth-order valence-corrected chi connectivity index (χ4v) is 2.73. The summed E-state index contributed by atoms with van der Waals surface area (Å²) >= 11 is 0. The van der Waals surface area contributed by atoms with E-state index in [0.29, 0.717) is 12.1 Å². The molecule has 1 aromatic rings. The third-order valence-electron chi connectivity index (χ3n) is 3.78. The van der Waals surface area contributed by atoms with Crippen LogP contribution in [0.3, 0.4) is 0 Å². The zero-order valence-corrected chi connectivity index (χ0v) is 11.3. The number of rotatable bonds is 3. The van der Waals surface area contributed by atoms with Crippen molar-refractivity contribution in [3.05, 3.63) is 29.3 Å². The predicted molar refractivity (Wildman–Crippen MR) is 73.4 cm³/mol. The van der Waals surface area contributed by atoms with Gasteiger partial charge in [-0.15, -0.1) is 0 Å². The van der Waals surface area contributed by atoms with E-state index in [1.165, 1.54) is 0 Å². The van der Waals surface area contributed by atoms with Gasteiger partial charge in [0.25, 0.3) is 0 Å². The van der Waals surface area contributed by atoms with Crippen LogP contribution in [-0.2, 0) is 4.74 Å². The molecule has 1 fully saturated rings. The molecule has 98 valence electrons. The number of methoxy groups -OCH3 is 1. The van der Waals surface area contributed by atoms with Crippen LogP contribution in [0.5, 0.6) is 0 Å². The monoisotopic (exact) mass is 247 g/mol. The normalized spacial score (nSPS) is 24.1. The number of carbonyl (C=O) groups is 1. The van der Waals surface area contributed by atoms with E-state index in [-0.39, 0.29) is 0 Å². The van der Waals surface area contributed by atoms with Crippen LogP contribution >= 0.6 is 0 Å². The minimum Gasteiger partial charge on any atom is -0.381 e. The summed E-state index contributed by atoms with van der Waals surface area (Å²) in [4.78, 5) is 13.5. The van der Waals surface area contributed by atoms with Crippen LogP contribution in [0.4, 0.5) is 5.69 Å². The highest BCUT2D eigenvalue weighted by Crippen LogP contribution is 2.28. The topological polar surface area (TPSA) is 29.5 Å². The van der Waals surface area contributed by atoms with Gasteiger partial charge in [-0.2, -0.15) is 0 Å². The van der Waals surface area contributed by atoms with Crippen LogP contribution in [0.15, 0.2) is 18.2 Å². The molecule has 2 atom stereocenters. The van der Waals surface area contributed by atoms with E-state index in [1.54, 1.807) is 7.11 Å². The molecule has 2 unspecified atom stereocenters. The first kappa shape index (κ1) is 13.1. The number of piperidine rings is 1. The lowest BCUT2D eigenvalue weighted by molar-refractivity contribution is 0.0721. The van der Waals surface area contributed by atoms with Gasteiger partial charge in [0.1, 0.15) is 0 Å². The van der Waals surface area contributed by atoms with Gasteiger partial charge in [-0.3, -0.25) is 4.79 Å². The molecule has 1 aliphatic rings. The van der Waals surface area contributed by atoms with Crippen LogP contribution in [-0.4, -0.2) is 32.1 Å². The van der Waals surface area contributed by atoms with E-state index >= 15 is 0 Å². The third-order valence-corrected chi connectivity index (χ3v) is 3.78. The van der Waals surface area contributed by atoms with E-state index in [9.17, 15) is 4.79 Å². The highest BCUT2D eigenvalue weighted by atomic mass is 16.5. The maximum absolute atomic E-state index is 11.2. The van der Waals surface area contributed by atoms with Crippen molar-refractivity contribution in [2.45, 2.75) is 38.8 Å². The average Bonchev–Trinajstić information content (AvgIpc) is 2.39. The number of aldehydes is 1. The molecule has 0 N–H and O–H groups in total. The highest BCUT2D eigenvalue weighted by molar-refractivity contribution is 5.85. The quantitative estimate of drug-likeness (QED) is 0.769. The smallest absolute Gasteiger partial charge is 0.152 e. The molecule has 2 rings (SSSR count). The van der Waals surface area contributed by atoms with Crippen molar-refractivity contribution >= 4 is 12.0 Å². The van der Waals surface area contributed by atoms with Crippen molar-refractivity contribution in [2.24, 2.45) is 0 Å². The second kappa shape index (κ2) is 5.53. The molecular formula is C15H21NO2. The lowest BCUT2D eigenvalue weighted by Gasteiger charge is -2.39. The minimum absolute atomic E-state index is 0.348. The van der Waals surface area contributed by atoms with E-state index in [1.807, 2.05) is 13.0 Å². The number of benzene rings is 1. The van der Waals surface area contributed by atoms with Gasteiger partial charge in [0.2, 0.25) is 0 Å². The molecule has 0 amide bonds. The molecule has 1 aromatic carbocycles. The van der Waals surface area contributed by atoms with Crippen molar-refractivity contribution in [1.82, 2.24) is 0 Å². The Labute approximate surface area is 109 Å². The summed E-state index contributed by atoms with van der Waals surface area (Å²) < 4.78 is 5.43. The molecule has 1 heterocycles. The van der Waals surface area contributed by atoms with Crippen molar-refractivity contribution in [2.75, 3.05) is 18.6 Å². The van der Waals surface area contributed by atoms with Crippen LogP contribution < -0.4 is 4.90 Å². The third kappa shape index (κ3) is 2.56. The first-order valence-electron chi connectivity index (χ1n) is 6.51. The summed E-state index contributed by atoms with van der Waals surface area (Å²) in [7, 11) is 1.77. The van der Waals surface area contributed by atoms with E-state index in [2.05, 4.69) is 24.0 Å². The van der Waals surface area contributed by atoms with E-state index in [0.717, 1.165) is 42.5 Å². The summed E-state index contributed by atoms with van der Waals surface area (Å²) in [6.45, 7) is 5.15. The Kier molecular flexibility index (Phi) is 4.02. The number of aryl methyl sites for hydroxylation is 1. The van der Waals surface area contributed by atoms with Crippen molar-refractivity contribution in [1.29, 1.82) is 0 Å². The van der Waals surface area contributed by atoms with Gasteiger partial charge in [-0.1, -0.05) is 11.6 Å². The molecule has 0 bridgehead atoms. The summed E-state index contributed by atoms with van der Waals surface area (Å²) in [5.74, 6) is 0. The molecule has 0 spiro atoms. The van der Waals surface area contributed by atoms with Crippen LogP contribution in [0.25, 0.3) is 0 Å². The average molecular weight is 247 g/mol. The first-order valence-corrected chi connectivity index (χ1v) is 6.51. The molecule has 3 nitrogen and oxygen atoms in total. The van der Waals surface area contributed by atoms with Gasteiger partial charge in [0.05, 0.1) is 6.10 Å². The summed E-state index contributed by atoms with van der Waals surface area (Å²) in [6.07, 6.45) is 3.34. The fourth-order valence-electron chi connectivity index (χ4n) is 2.73. The zero-order valence-electron chi connectivity index (χ0n) is 11.3. The summed E-state index contributed by atoms with van der Waals surface area (Å²) in [5.41, 5.74) is 2.97. The Bertz CT molecular complexity index is 431. The van der Waals surface area contributed by atoms with Crippen LogP contribution in [0, 0.1) is 6.92 Å². The fraction of sp³-hybridized carbons (Fsp3) is 0.533. The Morgan fingerprint density at radius 1 is 1.44 bits per heavy atom. The van der Waals surface area contributed by atoms with Gasteiger partial charge in [-0.25, -0.2) is 0 Å². The molecular weight excluding hydrogens is 226 g/mol. The Morgan fingerprint density at radius 2 is 2.22 bits per heavy atom. The lowest BCUT2D eigenvalue weighted by Crippen LogP contribution is -2.43. The second-order valence-electron chi connectivity index (χ2n) is 5.10. The number of hydrogen-bond donors (Lipinski definition) is 0. The molecule has 3 heteroatoms. The zero-order chi connectivity index (χ0) is 13.1. The number of nitrogens with zero attached hydrogens (tertiary/aromatic N) is 1. The molecule has 0 aromatic heterocycles. The Balaban J connectivity index is 2.24. The standard InChI is InChI=1S/C15H21NO2/c1-11-4-5-15(13(8-11)10-17)16-7-6-14(18-3)9-12(16)2/h4-5,8,10,12,14H,6-7,9H2,1-3H3. The second-order valence-corrected chi connectivity index (χ2v) is 5.10. The molecule has 1 saturated heterocycles. The summed E-state index contributed by atoms with van der Waals surface area (Å²) in [6, 6.07) is 6.49. The van der Waals surface area contributed by atoms with Crippen molar-refractivity contribution in [3.63, 3.8) is 0 Å². The van der Waals surface area contributed by atoms with Crippen LogP contribution in [0.2, 0.25) is 0 Å². The number of carbonyl (C=O) groups excluding carboxylic acids is 1. The molecule has 0 saturated carbocycles. The van der Waals surface area contributed by atoms with Crippen molar-refractivity contribution < 1.29 is 9.53 Å². The maximum atomic E-state index is 11.2. The first-order chi connectivity index (χ1) is 8.65. The highest BCUT2D eigenvalue weighted by Gasteiger charge is 2.26. The van der Waals surface area contributed by atoms with Gasteiger partial charge < -0.3 is 9.64 Å². The SMILES string of the molecule is COC1CCN(c2ccc(C)cc2C=O)C(C)C1. The predicted octanol–water partition coefficient (Wildman–Crippen LogP) is 2.81. The van der Waals surface area contributed by atoms with Gasteiger partial charge in [0.15, 0.2) is 6.29 Å². The minimum atomic E-state index is 0.348. The Hall–Kier alpha value is -1.35. The number of ether oxygens (including phenoxy) is 1. The lowest BCUT2D eigenvalue weighted by atomic mass is 9.98. The molecule has 0 radical (unpaired) electrons. The summed E-state index contributed by atoms with van der Waals surface area (Å²) in [5, 5.41) is 0. The van der Waals surface area contributed by atoms with Gasteiger partial charge in [0, 0.05) is 30.9 Å².